The van der Waals surface area contributed by atoms with Gasteiger partial charge in [-0.25, -0.2) is 9.11 Å². The van der Waals surface area contributed by atoms with Crippen LogP contribution in [0.1, 0.15) is 13.2 Å². The standard InChI is InChI=1S/C15H23N3O15P2/c1-5-8(19)10(21)12(23)14(30-5)32-35(27,28)33-34(25,26)29-4-6-9(20)11(22)13(31-6)18-3-2-7(16)17-15(18)24/h2-3,5-6,9-14,20-23H,4H2,1H3,(H,25,26)(H,27,28)(H2,16,17,24)/p-2/t5-,6-,9-,10+,11-,12-,13-,14-/m1/s1. The van der Waals surface area contributed by atoms with E-state index in [0.29, 0.717) is 0 Å². The molecule has 0 aromatic carbocycles. The lowest BCUT2D eigenvalue weighted by atomic mass is 10.0. The van der Waals surface area contributed by atoms with Crippen LogP contribution in [0.3, 0.4) is 0 Å². The second-order valence-electron chi connectivity index (χ2n) is 7.45. The van der Waals surface area contributed by atoms with E-state index in [4.69, 9.17) is 15.2 Å². The molecule has 0 spiro atoms. The van der Waals surface area contributed by atoms with Gasteiger partial charge in [0.15, 0.2) is 18.3 Å². The molecular formula is C15H21N3O15P2-2. The van der Waals surface area contributed by atoms with E-state index in [-0.39, 0.29) is 5.82 Å². The Morgan fingerprint density at radius 3 is 2.40 bits per heavy atom. The lowest BCUT2D eigenvalue weighted by molar-refractivity contribution is -0.276. The summed E-state index contributed by atoms with van der Waals surface area (Å²) in [6.07, 6.45) is -13.3. The third kappa shape index (κ3) is 6.39. The summed E-state index contributed by atoms with van der Waals surface area (Å²) in [6.45, 7) is 0.0502. The Balaban J connectivity index is 1.61. The van der Waals surface area contributed by atoms with Crippen molar-refractivity contribution in [2.75, 3.05) is 12.3 Å². The van der Waals surface area contributed by atoms with E-state index >= 15 is 0 Å². The summed E-state index contributed by atoms with van der Waals surface area (Å²) in [7, 11) is -11.6. The van der Waals surface area contributed by atoms with Gasteiger partial charge in [-0.2, -0.15) is 4.98 Å². The number of anilines is 1. The number of carbonyl (C=O) groups is 1. The molecule has 2 aliphatic rings. The van der Waals surface area contributed by atoms with Crippen molar-refractivity contribution < 1.29 is 67.0 Å². The molecule has 3 rings (SSSR count). The summed E-state index contributed by atoms with van der Waals surface area (Å²) in [5.74, 6) is -1.10. The van der Waals surface area contributed by atoms with Gasteiger partial charge in [0.2, 0.25) is 0 Å². The average Bonchev–Trinajstić information content (AvgIpc) is 3.02. The zero-order chi connectivity index (χ0) is 26.3. The number of carbonyl (C=O) groups excluding carboxylic acids is 1. The minimum atomic E-state index is -5.83. The van der Waals surface area contributed by atoms with Gasteiger partial charge >= 0.3 is 5.69 Å². The molecule has 2 unspecified atom stereocenters. The molecule has 1 aromatic heterocycles. The Morgan fingerprint density at radius 1 is 1.11 bits per heavy atom. The number of nitrogen functional groups attached to an aromatic ring is 1. The number of Topliss-reactive ketones (excluding diaryl/α,β-unsaturated/α-hetero) is 1. The van der Waals surface area contributed by atoms with Crippen LogP contribution in [0.15, 0.2) is 17.1 Å². The minimum absolute atomic E-state index is 0.130. The molecule has 2 aliphatic heterocycles. The largest absolute Gasteiger partial charge is 0.756 e. The number of nitrogens with zero attached hydrogens (tertiary/aromatic N) is 2. The molecule has 3 heterocycles. The van der Waals surface area contributed by atoms with Crippen molar-refractivity contribution in [1.29, 1.82) is 0 Å². The van der Waals surface area contributed by atoms with Crippen LogP contribution >= 0.6 is 15.6 Å². The zero-order valence-electron chi connectivity index (χ0n) is 17.6. The van der Waals surface area contributed by atoms with Gasteiger partial charge in [0.25, 0.3) is 15.6 Å². The first-order valence-corrected chi connectivity index (χ1v) is 12.6. The Hall–Kier alpha value is -1.63. The fourth-order valence-corrected chi connectivity index (χ4v) is 5.25. The molecule has 10 atom stereocenters. The second kappa shape index (κ2) is 10.4. The van der Waals surface area contributed by atoms with Gasteiger partial charge in [0.05, 0.1) is 6.61 Å². The average molecular weight is 545 g/mol. The maximum Gasteiger partial charge on any atom is 0.351 e. The van der Waals surface area contributed by atoms with Crippen LogP contribution in [0.2, 0.25) is 0 Å². The number of ether oxygens (including phenoxy) is 2. The minimum Gasteiger partial charge on any atom is -0.756 e. The van der Waals surface area contributed by atoms with Crippen molar-refractivity contribution >= 4 is 27.2 Å². The SMILES string of the molecule is C[C@H]1O[C@H](OP(=O)([O-])OP(=O)([O-])OC[C@H]2O[C@@H](n3ccc(N)nc3=O)[C@H](O)[C@@H]2O)[C@H](O)[C@@H](O)C1=O. The topological polar surface area (TPSA) is 285 Å². The molecule has 0 radical (unpaired) electrons. The normalized spacial score (nSPS) is 37.1. The smallest absolute Gasteiger partial charge is 0.351 e. The third-order valence-corrected chi connectivity index (χ3v) is 7.46. The molecule has 6 N–H and O–H groups in total. The molecule has 18 nitrogen and oxygen atoms in total. The molecule has 35 heavy (non-hydrogen) atoms. The highest BCUT2D eigenvalue weighted by Crippen LogP contribution is 2.56. The van der Waals surface area contributed by atoms with E-state index in [1.807, 2.05) is 0 Å². The van der Waals surface area contributed by atoms with E-state index in [0.717, 1.165) is 17.7 Å². The van der Waals surface area contributed by atoms with Crippen LogP contribution in [0.25, 0.3) is 0 Å². The molecule has 2 saturated heterocycles. The summed E-state index contributed by atoms with van der Waals surface area (Å²) in [6, 6.07) is 1.20. The Kier molecular flexibility index (Phi) is 8.30. The summed E-state index contributed by atoms with van der Waals surface area (Å²) < 4.78 is 47.3. The van der Waals surface area contributed by atoms with Crippen molar-refractivity contribution in [2.24, 2.45) is 0 Å². The Labute approximate surface area is 195 Å². The van der Waals surface area contributed by atoms with Crippen LogP contribution in [0, 0.1) is 0 Å². The summed E-state index contributed by atoms with van der Waals surface area (Å²) in [5.41, 5.74) is 4.42. The van der Waals surface area contributed by atoms with Gasteiger partial charge in [-0.1, -0.05) is 0 Å². The molecular weight excluding hydrogens is 524 g/mol. The highest BCUT2D eigenvalue weighted by molar-refractivity contribution is 7.59. The number of hydrogen-bond donors (Lipinski definition) is 5. The van der Waals surface area contributed by atoms with E-state index < -0.39 is 82.9 Å². The van der Waals surface area contributed by atoms with Crippen LogP contribution in [-0.2, 0) is 36.8 Å². The third-order valence-electron chi connectivity index (χ3n) is 4.93. The first kappa shape index (κ1) is 27.9. The number of hydrogen-bond acceptors (Lipinski definition) is 17. The summed E-state index contributed by atoms with van der Waals surface area (Å²) in [4.78, 5) is 50.8. The number of phosphoric acid groups is 2. The van der Waals surface area contributed by atoms with E-state index in [1.54, 1.807) is 0 Å². The Morgan fingerprint density at radius 2 is 1.77 bits per heavy atom. The number of aliphatic hydroxyl groups excluding tert-OH is 4. The monoisotopic (exact) mass is 545 g/mol. The van der Waals surface area contributed by atoms with Gasteiger partial charge in [-0.15, -0.1) is 0 Å². The second-order valence-corrected chi connectivity index (χ2v) is 10.4. The molecule has 1 aromatic rings. The fraction of sp³-hybridized carbons (Fsp3) is 0.667. The zero-order valence-corrected chi connectivity index (χ0v) is 19.4. The van der Waals surface area contributed by atoms with Crippen molar-refractivity contribution in [3.8, 4) is 0 Å². The lowest BCUT2D eigenvalue weighted by Gasteiger charge is -2.38. The molecule has 0 bridgehead atoms. The van der Waals surface area contributed by atoms with Crippen molar-refractivity contribution in [1.82, 2.24) is 9.55 Å². The number of rotatable bonds is 8. The molecule has 198 valence electrons. The number of aromatic nitrogens is 2. The van der Waals surface area contributed by atoms with Crippen molar-refractivity contribution in [3.63, 3.8) is 0 Å². The maximum atomic E-state index is 12.0. The number of ketones is 1. The van der Waals surface area contributed by atoms with Crippen LogP contribution in [-0.4, -0.2) is 85.3 Å². The Bertz CT molecular complexity index is 1100. The van der Waals surface area contributed by atoms with E-state index in [2.05, 4.69) is 18.3 Å². The van der Waals surface area contributed by atoms with Gasteiger partial charge in [-0.3, -0.25) is 23.0 Å². The van der Waals surface area contributed by atoms with Gasteiger partial charge in [0, 0.05) is 6.20 Å². The molecule has 2 fully saturated rings. The van der Waals surface area contributed by atoms with Gasteiger partial charge in [0.1, 0.15) is 42.4 Å². The van der Waals surface area contributed by atoms with E-state index in [1.165, 1.54) is 6.07 Å². The summed E-state index contributed by atoms with van der Waals surface area (Å²) >= 11 is 0. The van der Waals surface area contributed by atoms with Gasteiger partial charge < -0.3 is 49.9 Å². The first-order valence-electron chi connectivity index (χ1n) is 9.70. The highest BCUT2D eigenvalue weighted by Gasteiger charge is 2.46. The predicted molar refractivity (Wildman–Crippen MR) is 104 cm³/mol. The molecule has 20 heteroatoms. The number of phosphoric ester groups is 2. The van der Waals surface area contributed by atoms with Crippen molar-refractivity contribution in [2.45, 2.75) is 56.1 Å². The molecule has 0 saturated carbocycles. The quantitative estimate of drug-likeness (QED) is 0.192. The van der Waals surface area contributed by atoms with Crippen LogP contribution < -0.4 is 21.2 Å². The number of nitrogens with two attached hydrogens (primary N) is 1. The summed E-state index contributed by atoms with van der Waals surface area (Å²) in [5, 5.41) is 39.5. The maximum absolute atomic E-state index is 12.0. The lowest BCUT2D eigenvalue weighted by Crippen LogP contribution is -2.54. The molecule has 0 aliphatic carbocycles. The van der Waals surface area contributed by atoms with Crippen LogP contribution in [0.4, 0.5) is 5.82 Å². The predicted octanol–water partition coefficient (Wildman–Crippen LogP) is -4.53. The fourth-order valence-electron chi connectivity index (χ4n) is 3.17. The van der Waals surface area contributed by atoms with Crippen LogP contribution in [0.5, 0.6) is 0 Å². The highest BCUT2D eigenvalue weighted by atomic mass is 31.3. The van der Waals surface area contributed by atoms with Gasteiger partial charge in [-0.05, 0) is 13.0 Å². The number of aliphatic hydroxyl groups is 4. The molecule has 0 amide bonds. The first-order chi connectivity index (χ1) is 16.1. The van der Waals surface area contributed by atoms with Crippen molar-refractivity contribution in [3.05, 3.63) is 22.7 Å². The van der Waals surface area contributed by atoms with E-state index in [9.17, 15) is 48.9 Å².